The van der Waals surface area contributed by atoms with Gasteiger partial charge in [-0.25, -0.2) is 0 Å². The summed E-state index contributed by atoms with van der Waals surface area (Å²) in [5.41, 5.74) is 1.49. The fraction of sp³-hybridized carbons (Fsp3) is 0.250. The predicted molar refractivity (Wildman–Crippen MR) is 46.7 cm³/mol. The lowest BCUT2D eigenvalue weighted by Gasteiger charge is -2.00. The molecule has 0 aliphatic heterocycles. The van der Waals surface area contributed by atoms with Crippen LogP contribution in [-0.4, -0.2) is 10.6 Å². The zero-order valence-electron chi connectivity index (χ0n) is 5.96. The van der Waals surface area contributed by atoms with Crippen LogP contribution in [0.4, 0.5) is 0 Å². The van der Waals surface area contributed by atoms with Crippen LogP contribution in [0.15, 0.2) is 24.3 Å². The van der Waals surface area contributed by atoms with Crippen molar-refractivity contribution >= 4 is 15.9 Å². The first-order chi connectivity index (χ1) is 5.33. The maximum Gasteiger partial charge on any atom is 0.115 e. The Bertz CT molecular complexity index is 225. The van der Waals surface area contributed by atoms with Crippen molar-refractivity contribution in [1.82, 2.24) is 0 Å². The maximum absolute atomic E-state index is 9.05. The second-order valence-corrected chi connectivity index (χ2v) is 2.59. The van der Waals surface area contributed by atoms with Crippen molar-refractivity contribution in [3.05, 3.63) is 29.8 Å². The van der Waals surface area contributed by atoms with Crippen LogP contribution in [-0.2, 0) is 11.3 Å². The zero-order valence-corrected chi connectivity index (χ0v) is 7.54. The monoisotopic (exact) mass is 216 g/mol. The molecule has 0 amide bonds. The molecule has 0 bridgehead atoms. The Morgan fingerprint density at radius 3 is 2.91 bits per heavy atom. The van der Waals surface area contributed by atoms with E-state index in [0.717, 1.165) is 5.56 Å². The van der Waals surface area contributed by atoms with Gasteiger partial charge < -0.3 is 9.84 Å². The van der Waals surface area contributed by atoms with Crippen molar-refractivity contribution in [2.24, 2.45) is 0 Å². The molecule has 0 saturated carbocycles. The summed E-state index contributed by atoms with van der Waals surface area (Å²) in [6, 6.07) is 7.02. The fourth-order valence-electron chi connectivity index (χ4n) is 0.803. The summed E-state index contributed by atoms with van der Waals surface area (Å²) in [7, 11) is 0. The van der Waals surface area contributed by atoms with Gasteiger partial charge in [-0.05, 0) is 17.7 Å². The van der Waals surface area contributed by atoms with E-state index in [1.807, 2.05) is 6.07 Å². The highest BCUT2D eigenvalue weighted by Crippen LogP contribution is 2.11. The highest BCUT2D eigenvalue weighted by atomic mass is 79.9. The molecule has 0 fully saturated rings. The number of hydrogen-bond donors (Lipinski definition) is 1. The quantitative estimate of drug-likeness (QED) is 0.787. The van der Waals surface area contributed by atoms with Crippen molar-refractivity contribution in [1.29, 1.82) is 0 Å². The van der Waals surface area contributed by atoms with Crippen molar-refractivity contribution in [2.75, 3.05) is 5.52 Å². The smallest absolute Gasteiger partial charge is 0.115 e. The highest BCUT2D eigenvalue weighted by molar-refractivity contribution is 9.09. The van der Waals surface area contributed by atoms with Gasteiger partial charge in [0.2, 0.25) is 0 Å². The van der Waals surface area contributed by atoms with Crippen LogP contribution in [0.25, 0.3) is 0 Å². The van der Waals surface area contributed by atoms with Gasteiger partial charge in [-0.2, -0.15) is 0 Å². The Balaban J connectivity index is 2.56. The average Bonchev–Trinajstić information content (AvgIpc) is 2.01. The first-order valence-electron chi connectivity index (χ1n) is 3.24. The topological polar surface area (TPSA) is 29.5 Å². The molecule has 1 N–H and O–H groups in total. The van der Waals surface area contributed by atoms with Gasteiger partial charge in [-0.3, -0.25) is 0 Å². The normalized spacial score (nSPS) is 9.91. The molecule has 0 aromatic heterocycles. The number of phenols is 1. The Kier molecular flexibility index (Phi) is 3.39. The standard InChI is InChI=1S/C8H9BrO2/c9-6-11-5-7-2-1-3-8(10)4-7/h1-4,10H,5-6H2. The Morgan fingerprint density at radius 2 is 2.27 bits per heavy atom. The van der Waals surface area contributed by atoms with Crippen LogP contribution in [0, 0.1) is 0 Å². The minimum Gasteiger partial charge on any atom is -0.508 e. The van der Waals surface area contributed by atoms with Gasteiger partial charge in [-0.15, -0.1) is 0 Å². The van der Waals surface area contributed by atoms with Crippen LogP contribution in [0.5, 0.6) is 5.75 Å². The van der Waals surface area contributed by atoms with Crippen molar-refractivity contribution in [3.63, 3.8) is 0 Å². The Morgan fingerprint density at radius 1 is 1.45 bits per heavy atom. The third-order valence-electron chi connectivity index (χ3n) is 1.26. The Hall–Kier alpha value is -0.540. The molecule has 2 nitrogen and oxygen atoms in total. The molecular formula is C8H9BrO2. The van der Waals surface area contributed by atoms with Gasteiger partial charge in [0, 0.05) is 0 Å². The maximum atomic E-state index is 9.05. The van der Waals surface area contributed by atoms with Crippen molar-refractivity contribution in [3.8, 4) is 5.75 Å². The third-order valence-corrected chi connectivity index (χ3v) is 1.58. The summed E-state index contributed by atoms with van der Waals surface area (Å²) in [4.78, 5) is 0. The van der Waals surface area contributed by atoms with E-state index in [2.05, 4.69) is 15.9 Å². The van der Waals surface area contributed by atoms with Gasteiger partial charge in [0.1, 0.15) is 11.3 Å². The zero-order chi connectivity index (χ0) is 8.10. The lowest BCUT2D eigenvalue weighted by atomic mass is 10.2. The molecule has 1 aromatic carbocycles. The molecule has 3 heteroatoms. The summed E-state index contributed by atoms with van der Waals surface area (Å²) in [6.45, 7) is 0.527. The van der Waals surface area contributed by atoms with E-state index < -0.39 is 0 Å². The summed E-state index contributed by atoms with van der Waals surface area (Å²) in [5, 5.41) is 9.05. The van der Waals surface area contributed by atoms with E-state index in [4.69, 9.17) is 9.84 Å². The number of ether oxygens (including phenoxy) is 1. The van der Waals surface area contributed by atoms with Crippen molar-refractivity contribution < 1.29 is 9.84 Å². The molecule has 1 rings (SSSR count). The minimum absolute atomic E-state index is 0.278. The molecule has 0 spiro atoms. The molecule has 0 atom stereocenters. The summed E-state index contributed by atoms with van der Waals surface area (Å²) < 4.78 is 5.08. The lowest BCUT2D eigenvalue weighted by molar-refractivity contribution is 0.172. The first-order valence-corrected chi connectivity index (χ1v) is 4.36. The number of alkyl halides is 1. The molecule has 60 valence electrons. The number of phenolic OH excluding ortho intramolecular Hbond substituents is 1. The molecule has 0 aliphatic rings. The molecule has 11 heavy (non-hydrogen) atoms. The van der Waals surface area contributed by atoms with Gasteiger partial charge in [0.05, 0.1) is 6.61 Å². The summed E-state index contributed by atoms with van der Waals surface area (Å²) >= 11 is 3.14. The lowest BCUT2D eigenvalue weighted by Crippen LogP contribution is -1.88. The fourth-order valence-corrected chi connectivity index (χ4v) is 0.965. The van der Waals surface area contributed by atoms with Crippen LogP contribution in [0.1, 0.15) is 5.56 Å². The highest BCUT2D eigenvalue weighted by Gasteiger charge is 1.92. The number of hydrogen-bond acceptors (Lipinski definition) is 2. The van der Waals surface area contributed by atoms with Gasteiger partial charge in [0.15, 0.2) is 0 Å². The predicted octanol–water partition coefficient (Wildman–Crippen LogP) is 2.26. The van der Waals surface area contributed by atoms with E-state index in [1.54, 1.807) is 18.2 Å². The molecule has 1 aromatic rings. The van der Waals surface area contributed by atoms with E-state index in [9.17, 15) is 0 Å². The second kappa shape index (κ2) is 4.36. The molecule has 0 aliphatic carbocycles. The number of rotatable bonds is 3. The van der Waals surface area contributed by atoms with Crippen molar-refractivity contribution in [2.45, 2.75) is 6.61 Å². The van der Waals surface area contributed by atoms with Crippen LogP contribution < -0.4 is 0 Å². The molecule has 0 radical (unpaired) electrons. The number of aromatic hydroxyl groups is 1. The largest absolute Gasteiger partial charge is 0.508 e. The van der Waals surface area contributed by atoms with Gasteiger partial charge in [0.25, 0.3) is 0 Å². The van der Waals surface area contributed by atoms with Gasteiger partial charge in [-0.1, -0.05) is 28.1 Å². The van der Waals surface area contributed by atoms with E-state index in [0.29, 0.717) is 12.1 Å². The molecule has 0 unspecified atom stereocenters. The molecule has 0 heterocycles. The average molecular weight is 217 g/mol. The van der Waals surface area contributed by atoms with E-state index in [1.165, 1.54) is 0 Å². The minimum atomic E-state index is 0.278. The second-order valence-electron chi connectivity index (χ2n) is 2.13. The summed E-state index contributed by atoms with van der Waals surface area (Å²) in [5.74, 6) is 0.278. The Labute approximate surface area is 73.9 Å². The first kappa shape index (κ1) is 8.56. The molecular weight excluding hydrogens is 208 g/mol. The number of halogens is 1. The van der Waals surface area contributed by atoms with Crippen LogP contribution in [0.3, 0.4) is 0 Å². The number of benzene rings is 1. The molecule has 0 saturated heterocycles. The third kappa shape index (κ3) is 2.91. The van der Waals surface area contributed by atoms with Crippen LogP contribution in [0.2, 0.25) is 0 Å². The van der Waals surface area contributed by atoms with E-state index in [-0.39, 0.29) is 5.75 Å². The summed E-state index contributed by atoms with van der Waals surface area (Å²) in [6.07, 6.45) is 0. The van der Waals surface area contributed by atoms with Crippen LogP contribution >= 0.6 is 15.9 Å². The SMILES string of the molecule is Oc1cccc(COCBr)c1. The van der Waals surface area contributed by atoms with E-state index >= 15 is 0 Å². The van der Waals surface area contributed by atoms with Gasteiger partial charge >= 0.3 is 0 Å².